The molecule has 0 spiro atoms. The summed E-state index contributed by atoms with van der Waals surface area (Å²) in [5.41, 5.74) is 0. The zero-order chi connectivity index (χ0) is 0. The minimum Gasteiger partial charge on any atom is -1.00 e. The van der Waals surface area contributed by atoms with E-state index in [9.17, 15) is 0 Å². The van der Waals surface area contributed by atoms with Gasteiger partial charge in [0.2, 0.25) is 0 Å². The largest absolute Gasteiger partial charge is 3.00 e. The molecule has 0 radical (unpaired) electrons. The Morgan fingerprint density at radius 1 is 0.375 bits per heavy atom. The van der Waals surface area contributed by atoms with Crippen LogP contribution < -0.4 is 28.2 Å². The molecule has 0 N–H and O–H groups in total. The predicted octanol–water partition coefficient (Wildman–Crippen LogP) is -18.4. The topological polar surface area (TPSA) is 0 Å². The van der Waals surface area contributed by atoms with Crippen molar-refractivity contribution in [1.82, 2.24) is 0 Å². The van der Waals surface area contributed by atoms with Crippen LogP contribution in [0.5, 0.6) is 0 Å². The zero-order valence-electron chi connectivity index (χ0n) is 3.42. The van der Waals surface area contributed by atoms with Crippen LogP contribution in [0.25, 0.3) is 0 Å². The van der Waals surface area contributed by atoms with Gasteiger partial charge in [0.1, 0.15) is 0 Å². The van der Waals surface area contributed by atoms with Gasteiger partial charge < -0.3 is 28.2 Å². The van der Waals surface area contributed by atoms with E-state index < -0.39 is 0 Å². The Labute approximate surface area is 86.1 Å². The van der Waals surface area contributed by atoms with Crippen molar-refractivity contribution >= 4 is 17.4 Å². The molecule has 0 saturated carbocycles. The molecule has 0 unspecified atom stereocenters. The molecule has 48 valence electrons. The van der Waals surface area contributed by atoms with Crippen molar-refractivity contribution in [3.63, 3.8) is 0 Å². The second-order valence-electron chi connectivity index (χ2n) is 0. The Kier molecular flexibility index (Phi) is 8490. The van der Waals surface area contributed by atoms with Gasteiger partial charge in [-0.25, -0.2) is 0 Å². The Morgan fingerprint density at radius 2 is 0.375 bits per heavy atom. The molecule has 0 fully saturated rings. The Balaban J connectivity index is 0. The first-order chi connectivity index (χ1) is 0. The number of hydrogen-bond donors (Lipinski definition) is 0. The maximum absolute atomic E-state index is 0. The average molecular weight is 282 g/mol. The van der Waals surface area contributed by atoms with E-state index >= 15 is 0 Å². The van der Waals surface area contributed by atoms with Gasteiger partial charge in [-0.3, -0.25) is 0 Å². The summed E-state index contributed by atoms with van der Waals surface area (Å²) in [6, 6.07) is 0. The first-order valence-electron chi connectivity index (χ1n) is 0. The fraction of sp³-hybridized carbons (Fsp3) is 0. The predicted molar refractivity (Wildman–Crippen MR) is 5.75 cm³/mol. The van der Waals surface area contributed by atoms with Crippen LogP contribution in [0.2, 0.25) is 0 Å². The molecule has 0 aromatic carbocycles. The molecule has 0 saturated heterocycles. The van der Waals surface area contributed by atoms with Crippen LogP contribution in [0.1, 0.15) is 0 Å². The molecule has 0 aromatic rings. The molecule has 0 aromatic heterocycles. The third-order valence-corrected chi connectivity index (χ3v) is 0. The first kappa shape index (κ1) is 312. The van der Waals surface area contributed by atoms with Crippen molar-refractivity contribution in [1.29, 1.82) is 0 Å². The van der Waals surface area contributed by atoms with E-state index in [0.29, 0.717) is 0 Å². The zero-order valence-corrected chi connectivity index (χ0v) is 8.28. The van der Waals surface area contributed by atoms with Crippen LogP contribution in [0.15, 0.2) is 0 Å². The normalized spacial score (nSPS) is 0. The van der Waals surface area contributed by atoms with E-state index in [2.05, 4.69) is 0 Å². The molecule has 0 rings (SSSR count). The molecule has 0 atom stereocenters. The summed E-state index contributed by atoms with van der Waals surface area (Å²) >= 11 is 0. The van der Waals surface area contributed by atoms with E-state index in [-0.39, 0.29) is 86.9 Å². The summed E-state index contributed by atoms with van der Waals surface area (Å²) < 4.78 is 0. The maximum atomic E-state index is 0. The molecular weight excluding hydrogens is 282 g/mol. The third kappa shape index (κ3) is 144. The number of hydrogen-bond acceptors (Lipinski definition) is 0. The van der Waals surface area contributed by atoms with Crippen LogP contribution in [0, 0.1) is 41.3 Å². The van der Waals surface area contributed by atoms with Gasteiger partial charge >= 0.3 is 58.7 Å². The summed E-state index contributed by atoms with van der Waals surface area (Å²) in [7, 11) is 0. The quantitative estimate of drug-likeness (QED) is 0.306. The fourth-order valence-corrected chi connectivity index (χ4v) is 0. The molecular formula is AlF6Pr. The van der Waals surface area contributed by atoms with E-state index in [0.717, 1.165) is 0 Å². The SMILES string of the molecule is [Al+3].[F-].[F-].[F-].[F-].[F-].[F-].[Pr+3]. The van der Waals surface area contributed by atoms with Gasteiger partial charge in [-0.1, -0.05) is 0 Å². The first-order valence-corrected chi connectivity index (χ1v) is 0. The minimum absolute atomic E-state index is 0. The third-order valence-electron chi connectivity index (χ3n) is 0. The fourth-order valence-electron chi connectivity index (χ4n) is 0. The molecule has 0 nitrogen and oxygen atoms in total. The Morgan fingerprint density at radius 3 is 0.375 bits per heavy atom. The molecule has 8 heavy (non-hydrogen) atoms. The van der Waals surface area contributed by atoms with Crippen molar-refractivity contribution in [2.24, 2.45) is 0 Å². The summed E-state index contributed by atoms with van der Waals surface area (Å²) in [6.07, 6.45) is 0. The number of halogens is 6. The molecule has 0 heterocycles. The van der Waals surface area contributed by atoms with Crippen LogP contribution in [-0.4, -0.2) is 17.4 Å². The van der Waals surface area contributed by atoms with E-state index in [1.54, 1.807) is 0 Å². The van der Waals surface area contributed by atoms with Gasteiger partial charge in [0.25, 0.3) is 0 Å². The molecule has 0 aliphatic carbocycles. The van der Waals surface area contributed by atoms with Crippen molar-refractivity contribution < 1.29 is 69.5 Å². The van der Waals surface area contributed by atoms with Gasteiger partial charge in [0.15, 0.2) is 0 Å². The van der Waals surface area contributed by atoms with Crippen LogP contribution in [0.4, 0.5) is 0 Å². The van der Waals surface area contributed by atoms with Gasteiger partial charge in [-0.15, -0.1) is 0 Å². The second-order valence-corrected chi connectivity index (χ2v) is 0. The Hall–Kier alpha value is 1.48. The summed E-state index contributed by atoms with van der Waals surface area (Å²) in [4.78, 5) is 0. The van der Waals surface area contributed by atoms with Gasteiger partial charge in [0.05, 0.1) is 0 Å². The summed E-state index contributed by atoms with van der Waals surface area (Å²) in [5, 5.41) is 0. The van der Waals surface area contributed by atoms with Crippen molar-refractivity contribution in [2.45, 2.75) is 0 Å². The minimum atomic E-state index is 0. The Bertz CT molecular complexity index is 8.49. The molecule has 0 aliphatic heterocycles. The smallest absolute Gasteiger partial charge is 1.00 e. The van der Waals surface area contributed by atoms with Crippen molar-refractivity contribution in [2.75, 3.05) is 0 Å². The standard InChI is InChI=1S/Al.6FH.Pr/h;6*1H;/q+3;;;;;;;+3/p-6. The summed E-state index contributed by atoms with van der Waals surface area (Å²) in [5.74, 6) is 0. The van der Waals surface area contributed by atoms with E-state index in [1.807, 2.05) is 0 Å². The van der Waals surface area contributed by atoms with Gasteiger partial charge in [-0.2, -0.15) is 0 Å². The van der Waals surface area contributed by atoms with Crippen molar-refractivity contribution in [3.05, 3.63) is 0 Å². The van der Waals surface area contributed by atoms with Crippen LogP contribution >= 0.6 is 0 Å². The molecule has 0 amide bonds. The van der Waals surface area contributed by atoms with E-state index in [4.69, 9.17) is 0 Å². The number of rotatable bonds is 0. The molecule has 8 heteroatoms. The monoisotopic (exact) mass is 282 g/mol. The maximum Gasteiger partial charge on any atom is 3.00 e. The molecule has 0 aliphatic rings. The van der Waals surface area contributed by atoms with Gasteiger partial charge in [-0.05, 0) is 0 Å². The van der Waals surface area contributed by atoms with Crippen molar-refractivity contribution in [3.8, 4) is 0 Å². The summed E-state index contributed by atoms with van der Waals surface area (Å²) in [6.45, 7) is 0. The van der Waals surface area contributed by atoms with Crippen LogP contribution in [-0.2, 0) is 0 Å². The van der Waals surface area contributed by atoms with Crippen LogP contribution in [0.3, 0.4) is 0 Å². The average Bonchev–Trinajstić information content (AvgIpc) is 0. The second kappa shape index (κ2) is 217. The molecule has 0 bridgehead atoms. The van der Waals surface area contributed by atoms with E-state index in [1.165, 1.54) is 0 Å². The van der Waals surface area contributed by atoms with Gasteiger partial charge in [0, 0.05) is 0 Å².